The standard InChI is InChI=1S/C27H19F6NO8/c1-40-19-10-4-9-18(13-19)34-22(35)20(41-24(38)14-5-2-7-16(11-14)26(28,29)30)21(23(36)37)42-25(39)15-6-3-8-17(12-15)27(31,32)33/h2-13,20-21H,1H3,(H,34,35)(H,36,37)/t20-,21-/m0/s1. The van der Waals surface area contributed by atoms with E-state index in [1.807, 2.05) is 0 Å². The van der Waals surface area contributed by atoms with Crippen molar-refractivity contribution in [2.45, 2.75) is 24.6 Å². The SMILES string of the molecule is COc1cccc(NC(=O)[C@@H](OC(=O)c2cccc(C(F)(F)F)c2)[C@H](OC(=O)c2cccc(C(F)(F)F)c2)C(=O)O)c1. The molecule has 2 N–H and O–H groups in total. The number of esters is 2. The lowest BCUT2D eigenvalue weighted by Gasteiger charge is -2.24. The molecule has 0 bridgehead atoms. The highest BCUT2D eigenvalue weighted by atomic mass is 19.4. The lowest BCUT2D eigenvalue weighted by Crippen LogP contribution is -2.48. The van der Waals surface area contributed by atoms with Gasteiger partial charge in [-0.2, -0.15) is 26.3 Å². The van der Waals surface area contributed by atoms with Gasteiger partial charge in [-0.1, -0.05) is 18.2 Å². The van der Waals surface area contributed by atoms with E-state index in [2.05, 4.69) is 5.32 Å². The summed E-state index contributed by atoms with van der Waals surface area (Å²) in [4.78, 5) is 50.7. The van der Waals surface area contributed by atoms with Gasteiger partial charge in [0, 0.05) is 11.8 Å². The highest BCUT2D eigenvalue weighted by Gasteiger charge is 2.42. The van der Waals surface area contributed by atoms with Crippen molar-refractivity contribution >= 4 is 29.5 Å². The normalized spacial score (nSPS) is 12.9. The number of carboxylic acid groups (broad SMARTS) is 1. The van der Waals surface area contributed by atoms with E-state index in [9.17, 15) is 50.6 Å². The fourth-order valence-corrected chi connectivity index (χ4v) is 3.42. The van der Waals surface area contributed by atoms with Crippen molar-refractivity contribution in [3.63, 3.8) is 0 Å². The van der Waals surface area contributed by atoms with Gasteiger partial charge in [-0.05, 0) is 48.5 Å². The number of rotatable bonds is 9. The first-order valence-electron chi connectivity index (χ1n) is 11.5. The molecule has 42 heavy (non-hydrogen) atoms. The summed E-state index contributed by atoms with van der Waals surface area (Å²) in [7, 11) is 1.30. The topological polar surface area (TPSA) is 128 Å². The maximum absolute atomic E-state index is 13.1. The predicted molar refractivity (Wildman–Crippen MR) is 131 cm³/mol. The lowest BCUT2D eigenvalue weighted by atomic mass is 10.1. The number of halogens is 6. The molecule has 1 amide bonds. The predicted octanol–water partition coefficient (Wildman–Crippen LogP) is 5.21. The van der Waals surface area contributed by atoms with E-state index in [4.69, 9.17) is 14.2 Å². The molecule has 0 aliphatic rings. The average Bonchev–Trinajstić information content (AvgIpc) is 2.93. The third kappa shape index (κ3) is 7.99. The first-order chi connectivity index (χ1) is 19.6. The van der Waals surface area contributed by atoms with Gasteiger partial charge in [-0.25, -0.2) is 14.4 Å². The Kier molecular flexibility index (Phi) is 9.45. The molecule has 3 rings (SSSR count). The van der Waals surface area contributed by atoms with E-state index in [0.29, 0.717) is 24.3 Å². The van der Waals surface area contributed by atoms with E-state index in [-0.39, 0.29) is 11.4 Å². The number of alkyl halides is 6. The molecule has 3 aromatic carbocycles. The van der Waals surface area contributed by atoms with Crippen LogP contribution >= 0.6 is 0 Å². The van der Waals surface area contributed by atoms with Crippen LogP contribution < -0.4 is 10.1 Å². The maximum atomic E-state index is 13.1. The molecule has 15 heteroatoms. The first-order valence-corrected chi connectivity index (χ1v) is 11.5. The number of methoxy groups -OCH3 is 1. The van der Waals surface area contributed by atoms with Gasteiger partial charge in [0.15, 0.2) is 0 Å². The average molecular weight is 599 g/mol. The lowest BCUT2D eigenvalue weighted by molar-refractivity contribution is -0.157. The summed E-state index contributed by atoms with van der Waals surface area (Å²) in [6.07, 6.45) is -14.9. The number of hydrogen-bond donors (Lipinski definition) is 2. The van der Waals surface area contributed by atoms with Crippen molar-refractivity contribution in [3.05, 3.63) is 95.1 Å². The van der Waals surface area contributed by atoms with Crippen LogP contribution in [0.25, 0.3) is 0 Å². The molecule has 0 aliphatic carbocycles. The summed E-state index contributed by atoms with van der Waals surface area (Å²) in [6, 6.07) is 11.0. The van der Waals surface area contributed by atoms with Crippen molar-refractivity contribution in [2.75, 3.05) is 12.4 Å². The minimum atomic E-state index is -4.87. The summed E-state index contributed by atoms with van der Waals surface area (Å²) in [5.74, 6) is -6.49. The van der Waals surface area contributed by atoms with Gasteiger partial charge in [0.1, 0.15) is 5.75 Å². The highest BCUT2D eigenvalue weighted by Crippen LogP contribution is 2.31. The Hall–Kier alpha value is -5.08. The van der Waals surface area contributed by atoms with Crippen molar-refractivity contribution in [2.24, 2.45) is 0 Å². The van der Waals surface area contributed by atoms with Gasteiger partial charge in [0.25, 0.3) is 5.91 Å². The second-order valence-corrected chi connectivity index (χ2v) is 8.37. The van der Waals surface area contributed by atoms with Crippen LogP contribution in [0.2, 0.25) is 0 Å². The van der Waals surface area contributed by atoms with Crippen LogP contribution in [-0.4, -0.2) is 48.2 Å². The molecule has 0 aliphatic heterocycles. The van der Waals surface area contributed by atoms with Crippen molar-refractivity contribution in [1.29, 1.82) is 0 Å². The summed E-state index contributed by atoms with van der Waals surface area (Å²) >= 11 is 0. The Morgan fingerprint density at radius 1 is 0.714 bits per heavy atom. The van der Waals surface area contributed by atoms with Crippen LogP contribution in [0.15, 0.2) is 72.8 Å². The number of hydrogen-bond acceptors (Lipinski definition) is 7. The Labute approximate surface area is 232 Å². The maximum Gasteiger partial charge on any atom is 0.416 e. The molecule has 0 spiro atoms. The summed E-state index contributed by atoms with van der Waals surface area (Å²) in [5.41, 5.74) is -4.05. The van der Waals surface area contributed by atoms with Crippen LogP contribution in [-0.2, 0) is 31.4 Å². The second-order valence-electron chi connectivity index (χ2n) is 8.37. The highest BCUT2D eigenvalue weighted by molar-refractivity contribution is 6.01. The van der Waals surface area contributed by atoms with Crippen LogP contribution in [0, 0.1) is 0 Å². The fourth-order valence-electron chi connectivity index (χ4n) is 3.42. The van der Waals surface area contributed by atoms with E-state index in [0.717, 1.165) is 24.3 Å². The van der Waals surface area contributed by atoms with Crippen LogP contribution in [0.1, 0.15) is 31.8 Å². The number of amides is 1. The van der Waals surface area contributed by atoms with Crippen molar-refractivity contribution in [3.8, 4) is 5.75 Å². The Bertz CT molecular complexity index is 1490. The largest absolute Gasteiger partial charge is 0.497 e. The number of carboxylic acids is 1. The molecule has 2 atom stereocenters. The molecular weight excluding hydrogens is 580 g/mol. The van der Waals surface area contributed by atoms with Gasteiger partial charge in [0.2, 0.25) is 12.2 Å². The van der Waals surface area contributed by atoms with Gasteiger partial charge in [0.05, 0.1) is 29.4 Å². The number of anilines is 1. The minimum Gasteiger partial charge on any atom is -0.497 e. The van der Waals surface area contributed by atoms with Gasteiger partial charge in [-0.15, -0.1) is 0 Å². The van der Waals surface area contributed by atoms with Crippen LogP contribution in [0.3, 0.4) is 0 Å². The number of carbonyl (C=O) groups is 4. The van der Waals surface area contributed by atoms with Crippen LogP contribution in [0.4, 0.5) is 32.0 Å². The molecule has 0 aromatic heterocycles. The number of ether oxygens (including phenoxy) is 3. The summed E-state index contributed by atoms with van der Waals surface area (Å²) in [5, 5.41) is 12.0. The Balaban J connectivity index is 1.98. The zero-order valence-electron chi connectivity index (χ0n) is 21.2. The second kappa shape index (κ2) is 12.6. The third-order valence-corrected chi connectivity index (χ3v) is 5.43. The van der Waals surface area contributed by atoms with E-state index in [1.165, 1.54) is 31.4 Å². The molecular formula is C27H19F6NO8. The number of aliphatic carboxylic acids is 1. The molecule has 0 fully saturated rings. The molecule has 0 unspecified atom stereocenters. The van der Waals surface area contributed by atoms with Gasteiger partial charge >= 0.3 is 30.3 Å². The molecule has 0 saturated heterocycles. The van der Waals surface area contributed by atoms with E-state index in [1.54, 1.807) is 0 Å². The Morgan fingerprint density at radius 3 is 1.64 bits per heavy atom. The number of benzene rings is 3. The summed E-state index contributed by atoms with van der Waals surface area (Å²) in [6.45, 7) is 0. The monoisotopic (exact) mass is 599 g/mol. The minimum absolute atomic E-state index is 0.0205. The quantitative estimate of drug-likeness (QED) is 0.254. The first kappa shape index (κ1) is 31.4. The molecule has 3 aromatic rings. The van der Waals surface area contributed by atoms with Gasteiger partial charge < -0.3 is 24.6 Å². The zero-order valence-corrected chi connectivity index (χ0v) is 21.2. The Morgan fingerprint density at radius 2 is 1.19 bits per heavy atom. The van der Waals surface area contributed by atoms with Gasteiger partial charge in [-0.3, -0.25) is 4.79 Å². The number of carbonyl (C=O) groups excluding carboxylic acids is 3. The number of nitrogens with one attached hydrogen (secondary N) is 1. The molecule has 0 saturated carbocycles. The smallest absolute Gasteiger partial charge is 0.416 e. The van der Waals surface area contributed by atoms with E-state index < -0.39 is 70.6 Å². The van der Waals surface area contributed by atoms with Crippen molar-refractivity contribution < 1.29 is 64.8 Å². The molecule has 9 nitrogen and oxygen atoms in total. The molecule has 0 radical (unpaired) electrons. The molecule has 222 valence electrons. The van der Waals surface area contributed by atoms with Crippen LogP contribution in [0.5, 0.6) is 5.75 Å². The van der Waals surface area contributed by atoms with E-state index >= 15 is 0 Å². The molecule has 0 heterocycles. The fraction of sp³-hybridized carbons (Fsp3) is 0.185. The van der Waals surface area contributed by atoms with Crippen molar-refractivity contribution in [1.82, 2.24) is 0 Å². The summed E-state index contributed by atoms with van der Waals surface area (Å²) < 4.78 is 93.4. The zero-order chi connectivity index (χ0) is 31.2. The third-order valence-electron chi connectivity index (χ3n) is 5.43.